The smallest absolute Gasteiger partial charge is 0.749 e. The number of hydrogen-bond donors (Lipinski definition) is 0. The van der Waals surface area contributed by atoms with E-state index >= 15 is 0 Å². The fourth-order valence-corrected chi connectivity index (χ4v) is 1.55. The Hall–Kier alpha value is -0.460. The summed E-state index contributed by atoms with van der Waals surface area (Å²) < 4.78 is 0.864. The minimum atomic E-state index is -0.821. The Morgan fingerprint density at radius 1 is 1.12 bits per heavy atom. The molecule has 0 fully saturated rings. The first kappa shape index (κ1) is 13.6. The summed E-state index contributed by atoms with van der Waals surface area (Å²) in [7, 11) is 0. The first-order valence-corrected chi connectivity index (χ1v) is 4.92. The maximum absolute atomic E-state index is 11.3. The summed E-state index contributed by atoms with van der Waals surface area (Å²) in [6, 6.07) is 6.81. The predicted octanol–water partition coefficient (Wildman–Crippen LogP) is -1.30. The van der Waals surface area contributed by atoms with E-state index in [4.69, 9.17) is 0 Å². The van der Waals surface area contributed by atoms with Crippen molar-refractivity contribution in [1.29, 1.82) is 0 Å². The number of imide groups is 1. The number of hydroxylamine groups is 2. The molecule has 1 aliphatic rings. The zero-order valence-corrected chi connectivity index (χ0v) is 12.0. The molecule has 1 heterocycles. The van der Waals surface area contributed by atoms with E-state index < -0.39 is 11.8 Å². The topological polar surface area (TPSA) is 60.4 Å². The predicted molar refractivity (Wildman–Crippen MR) is 57.3 cm³/mol. The molecule has 2 amide bonds. The Bertz CT molecular complexity index is 469. The first-order valence-electron chi connectivity index (χ1n) is 4.13. The fraction of sp³-hybridized carbons (Fsp3) is 0. The van der Waals surface area contributed by atoms with Gasteiger partial charge in [0.15, 0.2) is 0 Å². The van der Waals surface area contributed by atoms with Crippen LogP contribution in [0.3, 0.4) is 0 Å². The average molecular weight is 290 g/mol. The van der Waals surface area contributed by atoms with Gasteiger partial charge < -0.3 is 10.3 Å². The molecular formula is C10H5BrNNaO3. The number of benzene rings is 1. The maximum atomic E-state index is 11.3. The maximum Gasteiger partial charge on any atom is 1.00 e. The minimum absolute atomic E-state index is 0. The van der Waals surface area contributed by atoms with Gasteiger partial charge in [0.25, 0.3) is 5.91 Å². The first-order chi connectivity index (χ1) is 7.09. The third kappa shape index (κ3) is 2.44. The van der Waals surface area contributed by atoms with Gasteiger partial charge in [0.2, 0.25) is 5.91 Å². The molecule has 16 heavy (non-hydrogen) atoms. The molecular weight excluding hydrogens is 285 g/mol. The third-order valence-electron chi connectivity index (χ3n) is 2.04. The normalized spacial score (nSPS) is 14.9. The number of rotatable bonds is 1. The van der Waals surface area contributed by atoms with Crippen LogP contribution in [-0.2, 0) is 9.59 Å². The molecule has 6 heteroatoms. The van der Waals surface area contributed by atoms with Gasteiger partial charge >= 0.3 is 29.6 Å². The van der Waals surface area contributed by atoms with E-state index in [1.54, 1.807) is 24.3 Å². The van der Waals surface area contributed by atoms with Crippen molar-refractivity contribution in [3.63, 3.8) is 0 Å². The molecule has 0 saturated carbocycles. The molecule has 1 aromatic carbocycles. The van der Waals surface area contributed by atoms with Crippen LogP contribution in [0.2, 0.25) is 0 Å². The zero-order chi connectivity index (χ0) is 11.0. The molecule has 0 spiro atoms. The van der Waals surface area contributed by atoms with Gasteiger partial charge in [-0.3, -0.25) is 9.59 Å². The van der Waals surface area contributed by atoms with E-state index in [1.807, 2.05) is 0 Å². The molecule has 0 atom stereocenters. The van der Waals surface area contributed by atoms with Crippen LogP contribution in [-0.4, -0.2) is 16.9 Å². The molecule has 0 N–H and O–H groups in total. The molecule has 0 unspecified atom stereocenters. The molecule has 0 aromatic heterocycles. The van der Waals surface area contributed by atoms with Crippen molar-refractivity contribution in [1.82, 2.24) is 5.06 Å². The van der Waals surface area contributed by atoms with Crippen molar-refractivity contribution in [3.05, 3.63) is 45.6 Å². The second kappa shape index (κ2) is 5.25. The Labute approximate surface area is 122 Å². The minimum Gasteiger partial charge on any atom is -0.749 e. The van der Waals surface area contributed by atoms with Crippen LogP contribution in [0.1, 0.15) is 5.56 Å². The quantitative estimate of drug-likeness (QED) is 0.477. The number of carbonyl (C=O) groups excluding carboxylic acids is 2. The van der Waals surface area contributed by atoms with Crippen molar-refractivity contribution in [2.24, 2.45) is 0 Å². The molecule has 0 saturated heterocycles. The molecule has 2 rings (SSSR count). The van der Waals surface area contributed by atoms with E-state index in [-0.39, 0.29) is 40.2 Å². The van der Waals surface area contributed by atoms with Crippen LogP contribution >= 0.6 is 15.9 Å². The van der Waals surface area contributed by atoms with E-state index in [9.17, 15) is 14.8 Å². The fourth-order valence-electron chi connectivity index (χ4n) is 1.29. The molecule has 1 aromatic rings. The van der Waals surface area contributed by atoms with Gasteiger partial charge in [0.1, 0.15) is 0 Å². The van der Waals surface area contributed by atoms with Crippen molar-refractivity contribution >= 4 is 33.3 Å². The number of hydrogen-bond acceptors (Lipinski definition) is 3. The Morgan fingerprint density at radius 2 is 1.69 bits per heavy atom. The third-order valence-corrected chi connectivity index (χ3v) is 2.57. The van der Waals surface area contributed by atoms with Gasteiger partial charge in [-0.25, -0.2) is 0 Å². The Balaban J connectivity index is 0.00000128. The summed E-state index contributed by atoms with van der Waals surface area (Å²) in [6.07, 6.45) is 1.05. The summed E-state index contributed by atoms with van der Waals surface area (Å²) in [4.78, 5) is 22.3. The van der Waals surface area contributed by atoms with Crippen molar-refractivity contribution in [3.8, 4) is 0 Å². The van der Waals surface area contributed by atoms with Gasteiger partial charge in [-0.05, 0) is 17.7 Å². The Kier molecular flexibility index (Phi) is 4.46. The zero-order valence-electron chi connectivity index (χ0n) is 8.44. The van der Waals surface area contributed by atoms with Gasteiger partial charge in [-0.2, -0.15) is 0 Å². The van der Waals surface area contributed by atoms with Crippen molar-refractivity contribution < 1.29 is 39.1 Å². The molecule has 1 aliphatic heterocycles. The summed E-state index contributed by atoms with van der Waals surface area (Å²) in [5.74, 6) is -1.62. The molecule has 0 bridgehead atoms. The van der Waals surface area contributed by atoms with Gasteiger partial charge in [-0.1, -0.05) is 28.1 Å². The SMILES string of the molecule is O=C1C=C(c2ccc(Br)cc2)C(=O)N1[O-].[Na+]. The van der Waals surface area contributed by atoms with Crippen LogP contribution in [0.15, 0.2) is 34.8 Å². The van der Waals surface area contributed by atoms with Crippen LogP contribution in [0, 0.1) is 5.21 Å². The summed E-state index contributed by atoms with van der Waals surface area (Å²) >= 11 is 3.25. The Morgan fingerprint density at radius 3 is 2.12 bits per heavy atom. The molecule has 76 valence electrons. The second-order valence-electron chi connectivity index (χ2n) is 3.00. The van der Waals surface area contributed by atoms with Crippen molar-refractivity contribution in [2.75, 3.05) is 0 Å². The number of carbonyl (C=O) groups is 2. The van der Waals surface area contributed by atoms with Gasteiger partial charge in [-0.15, -0.1) is 0 Å². The number of nitrogens with zero attached hydrogens (tertiary/aromatic N) is 1. The number of amides is 2. The van der Waals surface area contributed by atoms with Crippen LogP contribution in [0.5, 0.6) is 0 Å². The van der Waals surface area contributed by atoms with E-state index in [1.165, 1.54) is 0 Å². The van der Waals surface area contributed by atoms with E-state index in [0.29, 0.717) is 5.56 Å². The summed E-state index contributed by atoms with van der Waals surface area (Å²) in [6.45, 7) is 0. The molecule has 4 nitrogen and oxygen atoms in total. The number of halogens is 1. The van der Waals surface area contributed by atoms with Crippen molar-refractivity contribution in [2.45, 2.75) is 0 Å². The monoisotopic (exact) mass is 289 g/mol. The van der Waals surface area contributed by atoms with E-state index in [2.05, 4.69) is 15.9 Å². The van der Waals surface area contributed by atoms with Gasteiger partial charge in [0, 0.05) is 10.5 Å². The van der Waals surface area contributed by atoms with Gasteiger partial charge in [0.05, 0.1) is 5.57 Å². The molecule has 0 aliphatic carbocycles. The second-order valence-corrected chi connectivity index (χ2v) is 3.92. The van der Waals surface area contributed by atoms with Crippen LogP contribution < -0.4 is 29.6 Å². The summed E-state index contributed by atoms with van der Waals surface area (Å²) in [5, 5.41) is 10.8. The average Bonchev–Trinajstić information content (AvgIpc) is 2.47. The van der Waals surface area contributed by atoms with E-state index in [0.717, 1.165) is 10.5 Å². The van der Waals surface area contributed by atoms with Crippen LogP contribution in [0.25, 0.3) is 5.57 Å². The summed E-state index contributed by atoms with van der Waals surface area (Å²) in [5.41, 5.74) is 0.706. The standard InChI is InChI=1S/C10H5BrNO3.Na/c11-7-3-1-6(2-4-7)8-5-9(13)12(15)10(8)14;/h1-5H;/q-1;+1. The molecule has 0 radical (unpaired) electrons. The van der Waals surface area contributed by atoms with Crippen LogP contribution in [0.4, 0.5) is 0 Å². The largest absolute Gasteiger partial charge is 1.00 e.